The highest BCUT2D eigenvalue weighted by atomic mass is 16.5. The Morgan fingerprint density at radius 1 is 1.30 bits per heavy atom. The standard InChI is InChI=1S/C20H23N3O4/c1-2-10-26-18-11-17-16(12-22-18)13-23(19(17)24)9-8-21-20(25)27-14-15-6-4-3-5-7-15/h3-7,11-12H,2,8-10,13-14H2,1H3,(H,21,25). The number of hydrogen-bond donors (Lipinski definition) is 1. The fourth-order valence-electron chi connectivity index (χ4n) is 2.77. The lowest BCUT2D eigenvalue weighted by Gasteiger charge is -2.15. The van der Waals surface area contributed by atoms with Crippen LogP contribution in [0.25, 0.3) is 0 Å². The summed E-state index contributed by atoms with van der Waals surface area (Å²) in [6, 6.07) is 11.2. The minimum Gasteiger partial charge on any atom is -0.478 e. The zero-order valence-corrected chi connectivity index (χ0v) is 15.3. The van der Waals surface area contributed by atoms with Crippen LogP contribution in [-0.4, -0.2) is 41.6 Å². The van der Waals surface area contributed by atoms with Crippen LogP contribution in [0.5, 0.6) is 5.88 Å². The maximum absolute atomic E-state index is 12.5. The number of alkyl carbamates (subject to hydrolysis) is 1. The summed E-state index contributed by atoms with van der Waals surface area (Å²) in [6.07, 6.45) is 2.06. The van der Waals surface area contributed by atoms with Gasteiger partial charge in [0, 0.05) is 37.5 Å². The van der Waals surface area contributed by atoms with E-state index in [2.05, 4.69) is 10.3 Å². The van der Waals surface area contributed by atoms with Crippen molar-refractivity contribution in [2.24, 2.45) is 0 Å². The molecular weight excluding hydrogens is 346 g/mol. The Morgan fingerprint density at radius 2 is 2.11 bits per heavy atom. The zero-order valence-electron chi connectivity index (χ0n) is 15.3. The topological polar surface area (TPSA) is 80.8 Å². The summed E-state index contributed by atoms with van der Waals surface area (Å²) in [6.45, 7) is 4.00. The summed E-state index contributed by atoms with van der Waals surface area (Å²) >= 11 is 0. The molecule has 0 fully saturated rings. The molecule has 2 heterocycles. The number of pyridine rings is 1. The van der Waals surface area contributed by atoms with Gasteiger partial charge in [-0.25, -0.2) is 9.78 Å². The molecule has 1 aromatic heterocycles. The average Bonchev–Trinajstić information content (AvgIpc) is 3.01. The van der Waals surface area contributed by atoms with Crippen molar-refractivity contribution < 1.29 is 19.1 Å². The van der Waals surface area contributed by atoms with E-state index in [1.54, 1.807) is 17.2 Å². The molecule has 1 aliphatic rings. The Morgan fingerprint density at radius 3 is 2.89 bits per heavy atom. The molecular formula is C20H23N3O4. The predicted octanol–water partition coefficient (Wildman–Crippen LogP) is 2.75. The number of rotatable bonds is 8. The number of carbonyl (C=O) groups excluding carboxylic acids is 2. The third kappa shape index (κ3) is 4.97. The molecule has 3 rings (SSSR count). The van der Waals surface area contributed by atoms with E-state index in [0.29, 0.717) is 37.7 Å². The zero-order chi connectivity index (χ0) is 19.1. The number of nitrogens with one attached hydrogen (secondary N) is 1. The van der Waals surface area contributed by atoms with Gasteiger partial charge in [0.25, 0.3) is 5.91 Å². The summed E-state index contributed by atoms with van der Waals surface area (Å²) in [5.74, 6) is 0.390. The molecule has 2 aromatic rings. The van der Waals surface area contributed by atoms with Gasteiger partial charge in [0.1, 0.15) is 6.61 Å². The van der Waals surface area contributed by atoms with Gasteiger partial charge in [-0.15, -0.1) is 0 Å². The van der Waals surface area contributed by atoms with Crippen molar-refractivity contribution >= 4 is 12.0 Å². The second-order valence-electron chi connectivity index (χ2n) is 6.24. The summed E-state index contributed by atoms with van der Waals surface area (Å²) in [4.78, 5) is 30.2. The van der Waals surface area contributed by atoms with E-state index in [1.807, 2.05) is 37.3 Å². The van der Waals surface area contributed by atoms with Crippen LogP contribution < -0.4 is 10.1 Å². The van der Waals surface area contributed by atoms with E-state index in [0.717, 1.165) is 17.5 Å². The Labute approximate surface area is 158 Å². The van der Waals surface area contributed by atoms with E-state index in [1.165, 1.54) is 0 Å². The van der Waals surface area contributed by atoms with E-state index >= 15 is 0 Å². The number of hydrogen-bond acceptors (Lipinski definition) is 5. The lowest BCUT2D eigenvalue weighted by Crippen LogP contribution is -2.35. The van der Waals surface area contributed by atoms with Gasteiger partial charge in [-0.05, 0) is 12.0 Å². The second kappa shape index (κ2) is 9.02. The second-order valence-corrected chi connectivity index (χ2v) is 6.24. The van der Waals surface area contributed by atoms with Crippen LogP contribution in [0, 0.1) is 0 Å². The Hall–Kier alpha value is -3.09. The van der Waals surface area contributed by atoms with E-state index < -0.39 is 6.09 Å². The molecule has 27 heavy (non-hydrogen) atoms. The van der Waals surface area contributed by atoms with Crippen molar-refractivity contribution in [2.75, 3.05) is 19.7 Å². The molecule has 7 heteroatoms. The van der Waals surface area contributed by atoms with Crippen molar-refractivity contribution in [3.63, 3.8) is 0 Å². The number of carbonyl (C=O) groups is 2. The van der Waals surface area contributed by atoms with Gasteiger partial charge in [-0.1, -0.05) is 37.3 Å². The van der Waals surface area contributed by atoms with Crippen LogP contribution in [0.4, 0.5) is 4.79 Å². The van der Waals surface area contributed by atoms with Gasteiger partial charge >= 0.3 is 6.09 Å². The number of ether oxygens (including phenoxy) is 2. The Balaban J connectivity index is 1.43. The predicted molar refractivity (Wildman–Crippen MR) is 99.4 cm³/mol. The van der Waals surface area contributed by atoms with Gasteiger partial charge in [-0.2, -0.15) is 0 Å². The van der Waals surface area contributed by atoms with E-state index in [4.69, 9.17) is 9.47 Å². The largest absolute Gasteiger partial charge is 0.478 e. The van der Waals surface area contributed by atoms with Crippen molar-refractivity contribution in [3.05, 3.63) is 59.3 Å². The Kier molecular flexibility index (Phi) is 6.25. The first-order valence-corrected chi connectivity index (χ1v) is 9.03. The SMILES string of the molecule is CCCOc1cc2c(cn1)CN(CCNC(=O)OCc1ccccc1)C2=O. The molecule has 1 aliphatic heterocycles. The summed E-state index contributed by atoms with van der Waals surface area (Å²) < 4.78 is 10.6. The summed E-state index contributed by atoms with van der Waals surface area (Å²) in [5, 5.41) is 2.67. The third-order valence-corrected chi connectivity index (χ3v) is 4.16. The first kappa shape index (κ1) is 18.7. The van der Waals surface area contributed by atoms with Crippen LogP contribution in [0.15, 0.2) is 42.6 Å². The van der Waals surface area contributed by atoms with Crippen LogP contribution in [-0.2, 0) is 17.9 Å². The van der Waals surface area contributed by atoms with Crippen molar-refractivity contribution in [3.8, 4) is 5.88 Å². The fourth-order valence-corrected chi connectivity index (χ4v) is 2.77. The molecule has 0 saturated carbocycles. The highest BCUT2D eigenvalue weighted by Gasteiger charge is 2.28. The minimum atomic E-state index is -0.500. The van der Waals surface area contributed by atoms with E-state index in [9.17, 15) is 9.59 Å². The van der Waals surface area contributed by atoms with Gasteiger partial charge in [0.05, 0.1) is 12.2 Å². The lowest BCUT2D eigenvalue weighted by molar-refractivity contribution is 0.0775. The quantitative estimate of drug-likeness (QED) is 0.774. The summed E-state index contributed by atoms with van der Waals surface area (Å²) in [5.41, 5.74) is 2.41. The van der Waals surface area contributed by atoms with Crippen molar-refractivity contribution in [2.45, 2.75) is 26.5 Å². The van der Waals surface area contributed by atoms with Gasteiger partial charge in [0.15, 0.2) is 0 Å². The number of fused-ring (bicyclic) bond motifs is 1. The molecule has 0 aliphatic carbocycles. The maximum Gasteiger partial charge on any atom is 0.407 e. The molecule has 0 atom stereocenters. The van der Waals surface area contributed by atoms with Gasteiger partial charge in [0.2, 0.25) is 5.88 Å². The third-order valence-electron chi connectivity index (χ3n) is 4.16. The molecule has 0 bridgehead atoms. The molecule has 0 saturated heterocycles. The van der Waals surface area contributed by atoms with Crippen LogP contribution in [0.3, 0.4) is 0 Å². The van der Waals surface area contributed by atoms with Crippen molar-refractivity contribution in [1.29, 1.82) is 0 Å². The molecule has 142 valence electrons. The van der Waals surface area contributed by atoms with Gasteiger partial charge < -0.3 is 19.7 Å². The first-order chi connectivity index (χ1) is 13.2. The van der Waals surface area contributed by atoms with Gasteiger partial charge in [-0.3, -0.25) is 4.79 Å². The number of aromatic nitrogens is 1. The molecule has 1 aromatic carbocycles. The number of amides is 2. The molecule has 7 nitrogen and oxygen atoms in total. The lowest BCUT2D eigenvalue weighted by atomic mass is 10.2. The maximum atomic E-state index is 12.5. The number of benzene rings is 1. The Bertz CT molecular complexity index is 795. The normalized spacial score (nSPS) is 12.6. The molecule has 0 unspecified atom stereocenters. The van der Waals surface area contributed by atoms with Crippen molar-refractivity contribution in [1.82, 2.24) is 15.2 Å². The molecule has 0 radical (unpaired) electrons. The average molecular weight is 369 g/mol. The molecule has 1 N–H and O–H groups in total. The van der Waals surface area contributed by atoms with E-state index in [-0.39, 0.29) is 12.5 Å². The fraction of sp³-hybridized carbons (Fsp3) is 0.350. The molecule has 0 spiro atoms. The van der Waals surface area contributed by atoms with Crippen LogP contribution in [0.2, 0.25) is 0 Å². The van der Waals surface area contributed by atoms with Crippen LogP contribution in [0.1, 0.15) is 34.8 Å². The molecule has 2 amide bonds. The summed E-state index contributed by atoms with van der Waals surface area (Å²) in [7, 11) is 0. The smallest absolute Gasteiger partial charge is 0.407 e. The monoisotopic (exact) mass is 369 g/mol. The highest BCUT2D eigenvalue weighted by Crippen LogP contribution is 2.24. The number of nitrogens with zero attached hydrogens (tertiary/aromatic N) is 2. The van der Waals surface area contributed by atoms with Crippen LogP contribution >= 0.6 is 0 Å². The minimum absolute atomic E-state index is 0.0757. The first-order valence-electron chi connectivity index (χ1n) is 9.03. The highest BCUT2D eigenvalue weighted by molar-refractivity contribution is 5.98.